The second-order valence-corrected chi connectivity index (χ2v) is 12.3. The number of hydrogen-bond acceptors (Lipinski definition) is 4. The van der Waals surface area contributed by atoms with Crippen LogP contribution in [-0.2, 0) is 32.6 Å². The molecule has 0 fully saturated rings. The lowest BCUT2D eigenvalue weighted by Gasteiger charge is -2.27. The van der Waals surface area contributed by atoms with Crippen LogP contribution >= 0.6 is 15.9 Å². The van der Waals surface area contributed by atoms with Crippen molar-refractivity contribution in [1.29, 1.82) is 0 Å². The number of hydrogen-bond donors (Lipinski definition) is 0. The number of amides is 1. The molecule has 2 aromatic carbocycles. The van der Waals surface area contributed by atoms with Gasteiger partial charge < -0.3 is 14.2 Å². The third-order valence-electron chi connectivity index (χ3n) is 6.48. The Morgan fingerprint density at radius 1 is 0.975 bits per heavy atom. The largest absolute Gasteiger partial charge is 0.382 e. The minimum Gasteiger partial charge on any atom is -0.382 e. The lowest BCUT2D eigenvalue weighted by molar-refractivity contribution is -0.132. The van der Waals surface area contributed by atoms with Crippen LogP contribution in [0.4, 0.5) is 0 Å². The van der Waals surface area contributed by atoms with Crippen LogP contribution in [0.5, 0.6) is 0 Å². The molecule has 0 spiro atoms. The van der Waals surface area contributed by atoms with Crippen LogP contribution in [0.2, 0.25) is 0 Å². The molecule has 3 rings (SSSR count). The van der Waals surface area contributed by atoms with Crippen molar-refractivity contribution < 1.29 is 17.9 Å². The number of sulfonamides is 1. The Bertz CT molecular complexity index is 1310. The van der Waals surface area contributed by atoms with Crippen molar-refractivity contribution in [3.05, 3.63) is 99.6 Å². The predicted molar refractivity (Wildman–Crippen MR) is 165 cm³/mol. The summed E-state index contributed by atoms with van der Waals surface area (Å²) in [6, 6.07) is 21.4. The minimum absolute atomic E-state index is 0.203. The maximum Gasteiger partial charge on any atom is 0.238 e. The average Bonchev–Trinajstić information content (AvgIpc) is 3.39. The normalized spacial score (nSPS) is 11.9. The molecule has 40 heavy (non-hydrogen) atoms. The summed E-state index contributed by atoms with van der Waals surface area (Å²) in [6.45, 7) is 6.62. The monoisotopic (exact) mass is 629 g/mol. The first-order valence-corrected chi connectivity index (χ1v) is 16.1. The molecular weight excluding hydrogens is 590 g/mol. The maximum absolute atomic E-state index is 13.7. The van der Waals surface area contributed by atoms with Gasteiger partial charge in [-0.1, -0.05) is 71.7 Å². The molecule has 0 unspecified atom stereocenters. The van der Waals surface area contributed by atoms with Gasteiger partial charge in [0.15, 0.2) is 0 Å². The van der Waals surface area contributed by atoms with Crippen LogP contribution in [0.3, 0.4) is 0 Å². The van der Waals surface area contributed by atoms with Crippen molar-refractivity contribution >= 4 is 37.9 Å². The number of rotatable bonds is 17. The fourth-order valence-corrected chi connectivity index (χ4v) is 5.66. The number of nitrogens with zero attached hydrogens (tertiary/aromatic N) is 3. The molecule has 0 aliphatic heterocycles. The standard InChI is InChI=1S/C31H40BrN3O4S/c1-3-5-19-34(25-30-13-9-20-33(30)24-28-14-16-29(32)17-15-28)31(36)26-35(21-10-22-39-4-2)40(37,38)23-18-27-11-7-6-8-12-27/h6-9,11-18,20,23H,3-5,10,19,21-22,24-26H2,1-2H3/b23-18+. The number of halogens is 1. The van der Waals surface area contributed by atoms with E-state index >= 15 is 0 Å². The molecule has 1 heterocycles. The molecule has 0 bridgehead atoms. The summed E-state index contributed by atoms with van der Waals surface area (Å²) >= 11 is 3.48. The summed E-state index contributed by atoms with van der Waals surface area (Å²) in [7, 11) is -3.83. The Balaban J connectivity index is 1.77. The first-order valence-electron chi connectivity index (χ1n) is 13.8. The summed E-state index contributed by atoms with van der Waals surface area (Å²) in [4.78, 5) is 15.4. The zero-order valence-electron chi connectivity index (χ0n) is 23.4. The van der Waals surface area contributed by atoms with Crippen molar-refractivity contribution in [2.75, 3.05) is 32.8 Å². The highest BCUT2D eigenvalue weighted by molar-refractivity contribution is 9.10. The molecule has 1 aromatic heterocycles. The van der Waals surface area contributed by atoms with E-state index in [2.05, 4.69) is 39.6 Å². The molecule has 0 aliphatic rings. The van der Waals surface area contributed by atoms with Crippen molar-refractivity contribution in [3.8, 4) is 0 Å². The molecule has 0 radical (unpaired) electrons. The molecule has 0 N–H and O–H groups in total. The van der Waals surface area contributed by atoms with Gasteiger partial charge in [-0.05, 0) is 61.2 Å². The number of aromatic nitrogens is 1. The summed E-state index contributed by atoms with van der Waals surface area (Å²) in [5.41, 5.74) is 2.94. The average molecular weight is 631 g/mol. The minimum atomic E-state index is -3.83. The molecule has 0 atom stereocenters. The highest BCUT2D eigenvalue weighted by atomic mass is 79.9. The Hall–Kier alpha value is -2.72. The van der Waals surface area contributed by atoms with Gasteiger partial charge in [-0.2, -0.15) is 4.31 Å². The van der Waals surface area contributed by atoms with Gasteiger partial charge in [0.1, 0.15) is 0 Å². The quantitative estimate of drug-likeness (QED) is 0.168. The van der Waals surface area contributed by atoms with Crippen LogP contribution in [0.25, 0.3) is 6.08 Å². The van der Waals surface area contributed by atoms with E-state index in [0.29, 0.717) is 39.3 Å². The summed E-state index contributed by atoms with van der Waals surface area (Å²) in [5.74, 6) is -0.210. The van der Waals surface area contributed by atoms with E-state index in [4.69, 9.17) is 4.74 Å². The third kappa shape index (κ3) is 10.4. The lowest BCUT2D eigenvalue weighted by atomic mass is 10.2. The number of ether oxygens (including phenoxy) is 1. The summed E-state index contributed by atoms with van der Waals surface area (Å²) < 4.78 is 36.6. The molecule has 0 aliphatic carbocycles. The Morgan fingerprint density at radius 2 is 1.73 bits per heavy atom. The van der Waals surface area contributed by atoms with Crippen LogP contribution in [-0.4, -0.2) is 60.9 Å². The molecule has 0 saturated heterocycles. The molecular formula is C31H40BrN3O4S. The summed E-state index contributed by atoms with van der Waals surface area (Å²) in [5, 5.41) is 1.19. The molecule has 1 amide bonds. The van der Waals surface area contributed by atoms with E-state index in [1.807, 2.05) is 67.7 Å². The predicted octanol–water partition coefficient (Wildman–Crippen LogP) is 6.16. The number of unbranched alkanes of at least 4 members (excludes halogenated alkanes) is 1. The highest BCUT2D eigenvalue weighted by Gasteiger charge is 2.25. The van der Waals surface area contributed by atoms with E-state index in [1.165, 1.54) is 9.71 Å². The smallest absolute Gasteiger partial charge is 0.238 e. The van der Waals surface area contributed by atoms with E-state index in [9.17, 15) is 13.2 Å². The van der Waals surface area contributed by atoms with Crippen molar-refractivity contribution in [3.63, 3.8) is 0 Å². The van der Waals surface area contributed by atoms with Crippen molar-refractivity contribution in [2.24, 2.45) is 0 Å². The second-order valence-electron chi connectivity index (χ2n) is 9.57. The molecule has 3 aromatic rings. The van der Waals surface area contributed by atoms with Crippen molar-refractivity contribution in [1.82, 2.24) is 13.8 Å². The van der Waals surface area contributed by atoms with E-state index in [0.717, 1.165) is 34.1 Å². The maximum atomic E-state index is 13.7. The zero-order valence-corrected chi connectivity index (χ0v) is 25.8. The van der Waals surface area contributed by atoms with Crippen LogP contribution in [0.15, 0.2) is 82.8 Å². The fraction of sp³-hybridized carbons (Fsp3) is 0.387. The molecule has 216 valence electrons. The van der Waals surface area contributed by atoms with Gasteiger partial charge in [0.05, 0.1) is 13.1 Å². The van der Waals surface area contributed by atoms with E-state index in [-0.39, 0.29) is 19.0 Å². The van der Waals surface area contributed by atoms with Crippen LogP contribution < -0.4 is 0 Å². The molecule has 9 heteroatoms. The highest BCUT2D eigenvalue weighted by Crippen LogP contribution is 2.16. The second kappa shape index (κ2) is 16.5. The molecule has 0 saturated carbocycles. The SMILES string of the molecule is CCCCN(Cc1cccn1Cc1ccc(Br)cc1)C(=O)CN(CCCOCC)S(=O)(=O)/C=C/c1ccccc1. The number of carbonyl (C=O) groups is 1. The van der Waals surface area contributed by atoms with Crippen LogP contribution in [0.1, 0.15) is 49.9 Å². The summed E-state index contributed by atoms with van der Waals surface area (Å²) in [6.07, 6.45) is 5.85. The lowest BCUT2D eigenvalue weighted by Crippen LogP contribution is -2.43. The first kappa shape index (κ1) is 31.8. The first-order chi connectivity index (χ1) is 19.3. The molecule has 7 nitrogen and oxygen atoms in total. The van der Waals surface area contributed by atoms with Gasteiger partial charge >= 0.3 is 0 Å². The van der Waals surface area contributed by atoms with Crippen molar-refractivity contribution in [2.45, 2.75) is 46.2 Å². The van der Waals surface area contributed by atoms with Gasteiger partial charge in [0, 0.05) is 54.6 Å². The fourth-order valence-electron chi connectivity index (χ4n) is 4.22. The van der Waals surface area contributed by atoms with Gasteiger partial charge in [-0.15, -0.1) is 0 Å². The Kier molecular flexibility index (Phi) is 13.1. The zero-order chi connectivity index (χ0) is 28.8. The Morgan fingerprint density at radius 3 is 2.42 bits per heavy atom. The van der Waals surface area contributed by atoms with Gasteiger partial charge in [-0.25, -0.2) is 8.42 Å². The van der Waals surface area contributed by atoms with E-state index < -0.39 is 10.0 Å². The Labute approximate surface area is 247 Å². The van der Waals surface area contributed by atoms with Crippen LogP contribution in [0, 0.1) is 0 Å². The van der Waals surface area contributed by atoms with E-state index in [1.54, 1.807) is 11.0 Å². The van der Waals surface area contributed by atoms with Gasteiger partial charge in [-0.3, -0.25) is 4.79 Å². The topological polar surface area (TPSA) is 71.9 Å². The van der Waals surface area contributed by atoms with Gasteiger partial charge in [0.25, 0.3) is 0 Å². The third-order valence-corrected chi connectivity index (χ3v) is 8.52. The van der Waals surface area contributed by atoms with Gasteiger partial charge in [0.2, 0.25) is 15.9 Å². The number of carbonyl (C=O) groups excluding carboxylic acids is 1. The number of benzene rings is 2.